The summed E-state index contributed by atoms with van der Waals surface area (Å²) in [5.41, 5.74) is 3.74. The van der Waals surface area contributed by atoms with Gasteiger partial charge in [-0.3, -0.25) is 15.1 Å². The van der Waals surface area contributed by atoms with Gasteiger partial charge in [0, 0.05) is 24.7 Å². The van der Waals surface area contributed by atoms with Crippen molar-refractivity contribution in [2.45, 2.75) is 39.3 Å². The molecule has 0 aliphatic heterocycles. The number of nitrogen functional groups attached to an aromatic ring is 1. The Morgan fingerprint density at radius 2 is 2.10 bits per heavy atom. The molecule has 0 radical (unpaired) electrons. The summed E-state index contributed by atoms with van der Waals surface area (Å²) in [6.07, 6.45) is 2.08. The Hall–Kier alpha value is -1.43. The molecular formula is C15H25N3O2. The number of hydrazine groups is 1. The molecule has 1 rings (SSSR count). The minimum atomic E-state index is -0.289. The lowest BCUT2D eigenvalue weighted by Crippen LogP contribution is -2.36. The standard InChI is InChI=1S/C15H25N3O2/c1-3-14(4-2)18(8-9-19)11-12-6-5-7-13(10-12)15(20)17-16/h5-7,10,14,19H,3-4,8-9,11,16H2,1-2H3,(H,17,20). The van der Waals surface area contributed by atoms with Crippen molar-refractivity contribution in [2.75, 3.05) is 13.2 Å². The van der Waals surface area contributed by atoms with Gasteiger partial charge in [-0.1, -0.05) is 26.0 Å². The fourth-order valence-corrected chi connectivity index (χ4v) is 2.45. The highest BCUT2D eigenvalue weighted by Crippen LogP contribution is 2.14. The summed E-state index contributed by atoms with van der Waals surface area (Å²) >= 11 is 0. The van der Waals surface area contributed by atoms with Gasteiger partial charge in [-0.2, -0.15) is 0 Å². The molecule has 0 aromatic heterocycles. The summed E-state index contributed by atoms with van der Waals surface area (Å²) in [6, 6.07) is 7.85. The number of benzene rings is 1. The largest absolute Gasteiger partial charge is 0.395 e. The highest BCUT2D eigenvalue weighted by Gasteiger charge is 2.15. The fraction of sp³-hybridized carbons (Fsp3) is 0.533. The molecule has 0 aliphatic carbocycles. The number of hydrogen-bond acceptors (Lipinski definition) is 4. The number of nitrogens with two attached hydrogens (primary N) is 1. The molecule has 0 aliphatic rings. The zero-order chi connectivity index (χ0) is 15.0. The second kappa shape index (κ2) is 8.68. The molecule has 0 spiro atoms. The lowest BCUT2D eigenvalue weighted by Gasteiger charge is -2.30. The maximum Gasteiger partial charge on any atom is 0.265 e. The van der Waals surface area contributed by atoms with Crippen LogP contribution in [0.3, 0.4) is 0 Å². The van der Waals surface area contributed by atoms with Gasteiger partial charge in [0.1, 0.15) is 0 Å². The van der Waals surface area contributed by atoms with Crippen LogP contribution < -0.4 is 11.3 Å². The second-order valence-corrected chi connectivity index (χ2v) is 4.84. The summed E-state index contributed by atoms with van der Waals surface area (Å²) in [5, 5.41) is 9.21. The molecule has 5 nitrogen and oxygen atoms in total. The van der Waals surface area contributed by atoms with Crippen molar-refractivity contribution in [2.24, 2.45) is 5.84 Å². The van der Waals surface area contributed by atoms with E-state index in [1.165, 1.54) is 0 Å². The van der Waals surface area contributed by atoms with E-state index in [1.807, 2.05) is 18.2 Å². The predicted octanol–water partition coefficient (Wildman–Crippen LogP) is 1.27. The first kappa shape index (κ1) is 16.6. The van der Waals surface area contributed by atoms with Crippen LogP contribution in [0.15, 0.2) is 24.3 Å². The zero-order valence-electron chi connectivity index (χ0n) is 12.3. The van der Waals surface area contributed by atoms with Crippen molar-refractivity contribution < 1.29 is 9.90 Å². The lowest BCUT2D eigenvalue weighted by molar-refractivity contribution is 0.0953. The number of aliphatic hydroxyl groups excluding tert-OH is 1. The van der Waals surface area contributed by atoms with Gasteiger partial charge < -0.3 is 5.11 Å². The first-order valence-corrected chi connectivity index (χ1v) is 7.11. The number of hydrogen-bond donors (Lipinski definition) is 3. The predicted molar refractivity (Wildman–Crippen MR) is 80.0 cm³/mol. The Morgan fingerprint density at radius 1 is 1.40 bits per heavy atom. The smallest absolute Gasteiger partial charge is 0.265 e. The minimum Gasteiger partial charge on any atom is -0.395 e. The molecule has 0 heterocycles. The monoisotopic (exact) mass is 279 g/mol. The van der Waals surface area contributed by atoms with E-state index < -0.39 is 0 Å². The highest BCUT2D eigenvalue weighted by molar-refractivity contribution is 5.93. The number of amides is 1. The number of aliphatic hydroxyl groups is 1. The van der Waals surface area contributed by atoms with E-state index in [4.69, 9.17) is 5.84 Å². The highest BCUT2D eigenvalue weighted by atomic mass is 16.3. The van der Waals surface area contributed by atoms with Crippen LogP contribution in [0.4, 0.5) is 0 Å². The molecule has 0 unspecified atom stereocenters. The van der Waals surface area contributed by atoms with Crippen LogP contribution in [0, 0.1) is 0 Å². The molecule has 0 bridgehead atoms. The van der Waals surface area contributed by atoms with Gasteiger partial charge in [0.2, 0.25) is 0 Å². The van der Waals surface area contributed by atoms with Crippen molar-refractivity contribution in [3.63, 3.8) is 0 Å². The lowest BCUT2D eigenvalue weighted by atomic mass is 10.1. The van der Waals surface area contributed by atoms with Crippen molar-refractivity contribution in [3.05, 3.63) is 35.4 Å². The van der Waals surface area contributed by atoms with E-state index in [-0.39, 0.29) is 12.5 Å². The molecule has 0 saturated heterocycles. The van der Waals surface area contributed by atoms with Crippen molar-refractivity contribution in [3.8, 4) is 0 Å². The Balaban J connectivity index is 2.85. The Labute approximate surface area is 120 Å². The molecule has 0 atom stereocenters. The third-order valence-corrected chi connectivity index (χ3v) is 3.55. The number of rotatable bonds is 8. The van der Waals surface area contributed by atoms with E-state index in [0.717, 1.165) is 24.9 Å². The summed E-state index contributed by atoms with van der Waals surface area (Å²) < 4.78 is 0. The van der Waals surface area contributed by atoms with Gasteiger partial charge >= 0.3 is 0 Å². The van der Waals surface area contributed by atoms with Crippen molar-refractivity contribution in [1.82, 2.24) is 10.3 Å². The SMILES string of the molecule is CCC(CC)N(CCO)Cc1cccc(C(=O)NN)c1. The first-order valence-electron chi connectivity index (χ1n) is 7.11. The Bertz CT molecular complexity index is 419. The zero-order valence-corrected chi connectivity index (χ0v) is 12.3. The van der Waals surface area contributed by atoms with Crippen molar-refractivity contribution >= 4 is 5.91 Å². The summed E-state index contributed by atoms with van der Waals surface area (Å²) in [6.45, 7) is 5.80. The Morgan fingerprint density at radius 3 is 2.65 bits per heavy atom. The van der Waals surface area contributed by atoms with Crippen LogP contribution in [-0.2, 0) is 6.54 Å². The maximum atomic E-state index is 11.5. The Kier molecular flexibility index (Phi) is 7.22. The number of nitrogens with zero attached hydrogens (tertiary/aromatic N) is 1. The molecular weight excluding hydrogens is 254 g/mol. The molecule has 0 saturated carbocycles. The van der Waals surface area contributed by atoms with Crippen LogP contribution in [0.2, 0.25) is 0 Å². The second-order valence-electron chi connectivity index (χ2n) is 4.84. The van der Waals surface area contributed by atoms with E-state index in [2.05, 4.69) is 24.2 Å². The van der Waals surface area contributed by atoms with E-state index in [1.54, 1.807) is 6.07 Å². The van der Waals surface area contributed by atoms with Crippen molar-refractivity contribution in [1.29, 1.82) is 0 Å². The summed E-state index contributed by atoms with van der Waals surface area (Å²) in [5.74, 6) is 4.86. The summed E-state index contributed by atoms with van der Waals surface area (Å²) in [4.78, 5) is 13.8. The van der Waals surface area contributed by atoms with E-state index >= 15 is 0 Å². The number of nitrogens with one attached hydrogen (secondary N) is 1. The van der Waals surface area contributed by atoms with E-state index in [0.29, 0.717) is 18.2 Å². The number of carbonyl (C=O) groups excluding carboxylic acids is 1. The van der Waals surface area contributed by atoms with Gasteiger partial charge in [-0.15, -0.1) is 0 Å². The van der Waals surface area contributed by atoms with Crippen LogP contribution >= 0.6 is 0 Å². The molecule has 1 amide bonds. The topological polar surface area (TPSA) is 78.6 Å². The number of carbonyl (C=O) groups is 1. The summed E-state index contributed by atoms with van der Waals surface area (Å²) in [7, 11) is 0. The minimum absolute atomic E-state index is 0.138. The molecule has 4 N–H and O–H groups in total. The average molecular weight is 279 g/mol. The fourth-order valence-electron chi connectivity index (χ4n) is 2.45. The molecule has 112 valence electrons. The molecule has 1 aromatic rings. The van der Waals surface area contributed by atoms with Crippen LogP contribution in [0.1, 0.15) is 42.6 Å². The third kappa shape index (κ3) is 4.59. The van der Waals surface area contributed by atoms with Gasteiger partial charge in [0.25, 0.3) is 5.91 Å². The average Bonchev–Trinajstić information content (AvgIpc) is 2.48. The van der Waals surface area contributed by atoms with Gasteiger partial charge in [-0.05, 0) is 30.5 Å². The molecule has 1 aromatic carbocycles. The van der Waals surface area contributed by atoms with Crippen LogP contribution in [-0.4, -0.2) is 35.1 Å². The van der Waals surface area contributed by atoms with E-state index in [9.17, 15) is 9.90 Å². The van der Waals surface area contributed by atoms with Gasteiger partial charge in [0.15, 0.2) is 0 Å². The van der Waals surface area contributed by atoms with Crippen LogP contribution in [0.5, 0.6) is 0 Å². The van der Waals surface area contributed by atoms with Gasteiger partial charge in [-0.25, -0.2) is 5.84 Å². The third-order valence-electron chi connectivity index (χ3n) is 3.55. The first-order chi connectivity index (χ1) is 9.65. The molecule has 5 heteroatoms. The normalized spacial score (nSPS) is 11.1. The van der Waals surface area contributed by atoms with Crippen LogP contribution in [0.25, 0.3) is 0 Å². The maximum absolute atomic E-state index is 11.5. The molecule has 0 fully saturated rings. The molecule has 20 heavy (non-hydrogen) atoms. The quantitative estimate of drug-likeness (QED) is 0.380. The van der Waals surface area contributed by atoms with Gasteiger partial charge in [0.05, 0.1) is 6.61 Å².